The van der Waals surface area contributed by atoms with Crippen LogP contribution in [0.1, 0.15) is 32.6 Å². The lowest BCUT2D eigenvalue weighted by molar-refractivity contribution is 0.152. The third-order valence-electron chi connectivity index (χ3n) is 2.34. The Kier molecular flexibility index (Phi) is 3.42. The van der Waals surface area contributed by atoms with E-state index in [2.05, 4.69) is 6.07 Å². The van der Waals surface area contributed by atoms with Gasteiger partial charge in [-0.3, -0.25) is 0 Å². The van der Waals surface area contributed by atoms with Crippen LogP contribution in [-0.2, 0) is 0 Å². The SMILES string of the molecule is CCC(O)CC1(C#N)CCCS1. The van der Waals surface area contributed by atoms with Crippen LogP contribution in [0.25, 0.3) is 0 Å². The van der Waals surface area contributed by atoms with Crippen LogP contribution in [0.15, 0.2) is 0 Å². The zero-order chi connectivity index (χ0) is 9.03. The second-order valence-corrected chi connectivity index (χ2v) is 4.80. The van der Waals surface area contributed by atoms with E-state index in [-0.39, 0.29) is 10.9 Å². The van der Waals surface area contributed by atoms with Gasteiger partial charge in [0.2, 0.25) is 0 Å². The molecule has 0 aliphatic carbocycles. The Balaban J connectivity index is 2.51. The Hall–Kier alpha value is -0.200. The molecule has 0 spiro atoms. The van der Waals surface area contributed by atoms with Crippen LogP contribution in [0.5, 0.6) is 0 Å². The second kappa shape index (κ2) is 4.15. The number of thioether (sulfide) groups is 1. The first-order valence-electron chi connectivity index (χ1n) is 4.46. The summed E-state index contributed by atoms with van der Waals surface area (Å²) in [7, 11) is 0. The molecule has 1 rings (SSSR count). The third-order valence-corrected chi connectivity index (χ3v) is 3.85. The molecular formula is C9H15NOS. The molecular weight excluding hydrogens is 170 g/mol. The maximum absolute atomic E-state index is 9.45. The highest BCUT2D eigenvalue weighted by molar-refractivity contribution is 8.01. The molecule has 1 heterocycles. The average molecular weight is 185 g/mol. The predicted molar refractivity (Wildman–Crippen MR) is 51.0 cm³/mol. The quantitative estimate of drug-likeness (QED) is 0.730. The summed E-state index contributed by atoms with van der Waals surface area (Å²) < 4.78 is -0.268. The fourth-order valence-corrected chi connectivity index (χ4v) is 2.86. The molecule has 12 heavy (non-hydrogen) atoms. The summed E-state index contributed by atoms with van der Waals surface area (Å²) in [5.74, 6) is 1.07. The summed E-state index contributed by atoms with van der Waals surface area (Å²) in [5.41, 5.74) is 0. The van der Waals surface area contributed by atoms with Crippen molar-refractivity contribution in [3.63, 3.8) is 0 Å². The number of hydrogen-bond donors (Lipinski definition) is 1. The Labute approximate surface area is 78.0 Å². The number of nitriles is 1. The summed E-state index contributed by atoms with van der Waals surface area (Å²) in [4.78, 5) is 0. The van der Waals surface area contributed by atoms with E-state index < -0.39 is 0 Å². The van der Waals surface area contributed by atoms with Gasteiger partial charge in [-0.25, -0.2) is 0 Å². The van der Waals surface area contributed by atoms with Crippen LogP contribution in [-0.4, -0.2) is 21.7 Å². The maximum Gasteiger partial charge on any atom is 0.105 e. The van der Waals surface area contributed by atoms with E-state index in [9.17, 15) is 5.11 Å². The lowest BCUT2D eigenvalue weighted by atomic mass is 9.96. The zero-order valence-electron chi connectivity index (χ0n) is 7.42. The van der Waals surface area contributed by atoms with E-state index in [0.29, 0.717) is 6.42 Å². The standard InChI is InChI=1S/C9H15NOS/c1-2-8(11)6-9(7-10)4-3-5-12-9/h8,11H,2-6H2,1H3. The lowest BCUT2D eigenvalue weighted by Gasteiger charge is -2.21. The highest BCUT2D eigenvalue weighted by Gasteiger charge is 2.36. The van der Waals surface area contributed by atoms with Gasteiger partial charge in [0.15, 0.2) is 0 Å². The van der Waals surface area contributed by atoms with Gasteiger partial charge in [-0.2, -0.15) is 5.26 Å². The molecule has 3 heteroatoms. The van der Waals surface area contributed by atoms with Crippen molar-refractivity contribution < 1.29 is 5.11 Å². The normalized spacial score (nSPS) is 31.4. The second-order valence-electron chi connectivity index (χ2n) is 3.32. The fraction of sp³-hybridized carbons (Fsp3) is 0.889. The first kappa shape index (κ1) is 9.88. The Morgan fingerprint density at radius 1 is 1.75 bits per heavy atom. The van der Waals surface area contributed by atoms with Crippen molar-refractivity contribution in [3.8, 4) is 6.07 Å². The summed E-state index contributed by atoms with van der Waals surface area (Å²) in [6.45, 7) is 1.95. The molecule has 68 valence electrons. The highest BCUT2D eigenvalue weighted by Crippen LogP contribution is 2.41. The van der Waals surface area contributed by atoms with Gasteiger partial charge < -0.3 is 5.11 Å². The first-order valence-corrected chi connectivity index (χ1v) is 5.44. The van der Waals surface area contributed by atoms with Crippen LogP contribution < -0.4 is 0 Å². The molecule has 2 nitrogen and oxygen atoms in total. The summed E-state index contributed by atoms with van der Waals surface area (Å²) >= 11 is 1.71. The van der Waals surface area contributed by atoms with Gasteiger partial charge in [-0.05, 0) is 25.0 Å². The van der Waals surface area contributed by atoms with Gasteiger partial charge in [-0.1, -0.05) is 6.92 Å². The van der Waals surface area contributed by atoms with E-state index in [1.807, 2.05) is 6.92 Å². The Morgan fingerprint density at radius 3 is 2.92 bits per heavy atom. The van der Waals surface area contributed by atoms with E-state index in [4.69, 9.17) is 5.26 Å². The zero-order valence-corrected chi connectivity index (χ0v) is 8.23. The average Bonchev–Trinajstić information content (AvgIpc) is 2.54. The van der Waals surface area contributed by atoms with E-state index in [1.165, 1.54) is 0 Å². The molecule has 0 aromatic carbocycles. The van der Waals surface area contributed by atoms with Crippen LogP contribution in [0.3, 0.4) is 0 Å². The minimum atomic E-state index is -0.296. The molecule has 1 fully saturated rings. The van der Waals surface area contributed by atoms with Crippen LogP contribution >= 0.6 is 11.8 Å². The van der Waals surface area contributed by atoms with Gasteiger partial charge >= 0.3 is 0 Å². The lowest BCUT2D eigenvalue weighted by Crippen LogP contribution is -2.25. The van der Waals surface area contributed by atoms with Crippen LogP contribution in [0.2, 0.25) is 0 Å². The van der Waals surface area contributed by atoms with Crippen molar-refractivity contribution in [2.24, 2.45) is 0 Å². The minimum Gasteiger partial charge on any atom is -0.393 e. The largest absolute Gasteiger partial charge is 0.393 e. The molecule has 0 aromatic heterocycles. The monoisotopic (exact) mass is 185 g/mol. The van der Waals surface area contributed by atoms with Crippen molar-refractivity contribution >= 4 is 11.8 Å². The van der Waals surface area contributed by atoms with E-state index >= 15 is 0 Å². The maximum atomic E-state index is 9.45. The van der Waals surface area contributed by atoms with Crippen molar-refractivity contribution in [2.45, 2.75) is 43.5 Å². The molecule has 0 aromatic rings. The van der Waals surface area contributed by atoms with Crippen molar-refractivity contribution in [1.82, 2.24) is 0 Å². The molecule has 1 aliphatic rings. The number of aliphatic hydroxyl groups is 1. The molecule has 1 N–H and O–H groups in total. The van der Waals surface area contributed by atoms with Crippen molar-refractivity contribution in [2.75, 3.05) is 5.75 Å². The van der Waals surface area contributed by atoms with Gasteiger partial charge in [0.25, 0.3) is 0 Å². The summed E-state index contributed by atoms with van der Waals surface area (Å²) in [5, 5.41) is 18.4. The van der Waals surface area contributed by atoms with Gasteiger partial charge in [0.05, 0.1) is 12.2 Å². The predicted octanol–water partition coefficient (Wildman–Crippen LogP) is 1.94. The number of nitrogens with zero attached hydrogens (tertiary/aromatic N) is 1. The molecule has 1 aliphatic heterocycles. The van der Waals surface area contributed by atoms with Crippen molar-refractivity contribution in [3.05, 3.63) is 0 Å². The fourth-order valence-electron chi connectivity index (χ4n) is 1.52. The number of aliphatic hydroxyl groups excluding tert-OH is 1. The molecule has 0 radical (unpaired) electrons. The van der Waals surface area contributed by atoms with Gasteiger partial charge in [0.1, 0.15) is 4.75 Å². The number of rotatable bonds is 3. The molecule has 0 saturated carbocycles. The van der Waals surface area contributed by atoms with Crippen LogP contribution in [0, 0.1) is 11.3 Å². The smallest absolute Gasteiger partial charge is 0.105 e. The molecule has 2 atom stereocenters. The minimum absolute atomic E-state index is 0.268. The Bertz CT molecular complexity index is 181. The number of hydrogen-bond acceptors (Lipinski definition) is 3. The first-order chi connectivity index (χ1) is 5.72. The molecule has 1 saturated heterocycles. The topological polar surface area (TPSA) is 44.0 Å². The van der Waals surface area contributed by atoms with E-state index in [0.717, 1.165) is 25.0 Å². The molecule has 0 amide bonds. The highest BCUT2D eigenvalue weighted by atomic mass is 32.2. The van der Waals surface area contributed by atoms with Crippen LogP contribution in [0.4, 0.5) is 0 Å². The third kappa shape index (κ3) is 2.15. The van der Waals surface area contributed by atoms with E-state index in [1.54, 1.807) is 11.8 Å². The summed E-state index contributed by atoms with van der Waals surface area (Å²) in [6.07, 6.45) is 3.17. The molecule has 0 bridgehead atoms. The van der Waals surface area contributed by atoms with Gasteiger partial charge in [-0.15, -0.1) is 11.8 Å². The van der Waals surface area contributed by atoms with Crippen molar-refractivity contribution in [1.29, 1.82) is 5.26 Å². The Morgan fingerprint density at radius 2 is 2.50 bits per heavy atom. The molecule has 2 unspecified atom stereocenters. The summed E-state index contributed by atoms with van der Waals surface area (Å²) in [6, 6.07) is 2.35. The van der Waals surface area contributed by atoms with Gasteiger partial charge in [0, 0.05) is 6.42 Å².